The number of sulfonamides is 1. The van der Waals surface area contributed by atoms with E-state index >= 15 is 0 Å². The number of aromatic nitrogens is 1. The first kappa shape index (κ1) is 19.5. The summed E-state index contributed by atoms with van der Waals surface area (Å²) in [5.74, 6) is 0.265. The molecule has 7 heteroatoms. The van der Waals surface area contributed by atoms with Crippen LogP contribution in [0.1, 0.15) is 12.8 Å². The highest BCUT2D eigenvalue weighted by atomic mass is 32.2. The van der Waals surface area contributed by atoms with Gasteiger partial charge >= 0.3 is 0 Å². The van der Waals surface area contributed by atoms with Crippen LogP contribution in [0.25, 0.3) is 21.0 Å². The van der Waals surface area contributed by atoms with Crippen molar-refractivity contribution in [3.63, 3.8) is 0 Å². The summed E-state index contributed by atoms with van der Waals surface area (Å²) in [6.07, 6.45) is 2.06. The molecular weight excluding hydrogens is 414 g/mol. The third kappa shape index (κ3) is 3.93. The first-order valence-electron chi connectivity index (χ1n) is 10.2. The van der Waals surface area contributed by atoms with Gasteiger partial charge in [-0.2, -0.15) is 0 Å². The van der Waals surface area contributed by atoms with Gasteiger partial charge in [-0.1, -0.05) is 53.8 Å². The number of benzene rings is 3. The number of nitrogens with one attached hydrogen (secondary N) is 1. The molecule has 1 unspecified atom stereocenters. The predicted octanol–water partition coefficient (Wildman–Crippen LogP) is 4.64. The van der Waals surface area contributed by atoms with Crippen LogP contribution in [0.5, 0.6) is 0 Å². The van der Waals surface area contributed by atoms with Gasteiger partial charge in [0.15, 0.2) is 5.13 Å². The van der Waals surface area contributed by atoms with Crippen LogP contribution in [0.4, 0.5) is 5.13 Å². The zero-order valence-corrected chi connectivity index (χ0v) is 18.1. The van der Waals surface area contributed by atoms with E-state index in [-0.39, 0.29) is 5.92 Å². The molecule has 3 aromatic carbocycles. The van der Waals surface area contributed by atoms with Crippen molar-refractivity contribution in [3.05, 3.63) is 66.7 Å². The Kier molecular flexibility index (Phi) is 5.18. The minimum Gasteiger partial charge on any atom is -0.348 e. The summed E-state index contributed by atoms with van der Waals surface area (Å²) in [5.41, 5.74) is 1.02. The van der Waals surface area contributed by atoms with E-state index in [2.05, 4.69) is 15.7 Å². The van der Waals surface area contributed by atoms with Crippen molar-refractivity contribution >= 4 is 47.5 Å². The lowest BCUT2D eigenvalue weighted by Gasteiger charge is -2.32. The molecule has 1 saturated heterocycles. The van der Waals surface area contributed by atoms with E-state index in [1.807, 2.05) is 48.5 Å². The van der Waals surface area contributed by atoms with Crippen LogP contribution >= 0.6 is 11.3 Å². The Balaban J connectivity index is 1.28. The number of hydrogen-bond acceptors (Lipinski definition) is 5. The molecular formula is C23H23N3O2S2. The first-order chi connectivity index (χ1) is 14.6. The third-order valence-electron chi connectivity index (χ3n) is 5.67. The monoisotopic (exact) mass is 437 g/mol. The lowest BCUT2D eigenvalue weighted by Crippen LogP contribution is -2.41. The van der Waals surface area contributed by atoms with Crippen LogP contribution in [-0.2, 0) is 10.0 Å². The summed E-state index contributed by atoms with van der Waals surface area (Å²) in [5, 5.41) is 2.99. The van der Waals surface area contributed by atoms with E-state index in [4.69, 9.17) is 4.98 Å². The Labute approximate surface area is 180 Å². The molecule has 0 spiro atoms. The fourth-order valence-electron chi connectivity index (χ4n) is 4.05. The van der Waals surface area contributed by atoms with Crippen molar-refractivity contribution < 1.29 is 8.42 Å². The van der Waals surface area contributed by atoms with Crippen LogP contribution < -0.4 is 9.62 Å². The summed E-state index contributed by atoms with van der Waals surface area (Å²) < 4.78 is 29.7. The van der Waals surface area contributed by atoms with Gasteiger partial charge in [-0.25, -0.2) is 18.1 Å². The molecule has 1 atom stereocenters. The van der Waals surface area contributed by atoms with Crippen molar-refractivity contribution in [1.29, 1.82) is 0 Å². The lowest BCUT2D eigenvalue weighted by atomic mass is 9.99. The van der Waals surface area contributed by atoms with E-state index < -0.39 is 10.0 Å². The average molecular weight is 438 g/mol. The molecule has 0 bridgehead atoms. The fourth-order valence-corrected chi connectivity index (χ4v) is 6.20. The van der Waals surface area contributed by atoms with Gasteiger partial charge in [0, 0.05) is 19.6 Å². The molecule has 0 saturated carbocycles. The smallest absolute Gasteiger partial charge is 0.240 e. The molecule has 0 amide bonds. The molecule has 30 heavy (non-hydrogen) atoms. The lowest BCUT2D eigenvalue weighted by molar-refractivity contribution is 0.411. The number of hydrogen-bond donors (Lipinski definition) is 1. The van der Waals surface area contributed by atoms with Gasteiger partial charge in [0.05, 0.1) is 15.1 Å². The van der Waals surface area contributed by atoms with Crippen LogP contribution in [0, 0.1) is 5.92 Å². The zero-order chi connectivity index (χ0) is 20.6. The minimum atomic E-state index is -3.54. The van der Waals surface area contributed by atoms with Crippen LogP contribution in [0.2, 0.25) is 0 Å². The molecule has 2 heterocycles. The molecule has 5 rings (SSSR count). The highest BCUT2D eigenvalue weighted by Gasteiger charge is 2.24. The highest BCUT2D eigenvalue weighted by molar-refractivity contribution is 7.89. The number of para-hydroxylation sites is 1. The van der Waals surface area contributed by atoms with E-state index in [0.29, 0.717) is 11.4 Å². The van der Waals surface area contributed by atoms with Gasteiger partial charge in [-0.05, 0) is 53.8 Å². The number of fused-ring (bicyclic) bond motifs is 2. The summed E-state index contributed by atoms with van der Waals surface area (Å²) >= 11 is 1.70. The van der Waals surface area contributed by atoms with Crippen LogP contribution in [-0.4, -0.2) is 33.0 Å². The Morgan fingerprint density at radius 2 is 1.83 bits per heavy atom. The first-order valence-corrected chi connectivity index (χ1v) is 12.5. The quantitative estimate of drug-likeness (QED) is 0.494. The Morgan fingerprint density at radius 1 is 1.03 bits per heavy atom. The number of anilines is 1. The van der Waals surface area contributed by atoms with Crippen molar-refractivity contribution in [2.24, 2.45) is 5.92 Å². The summed E-state index contributed by atoms with van der Waals surface area (Å²) in [6.45, 7) is 2.23. The number of thiazole rings is 1. The van der Waals surface area contributed by atoms with E-state index in [0.717, 1.165) is 47.4 Å². The molecule has 1 aliphatic heterocycles. The second-order valence-corrected chi connectivity index (χ2v) is 10.6. The SMILES string of the molecule is O=S(=O)(NCC1CCCN(c2nc3ccccc3s2)C1)c1ccc2ccccc2c1. The summed E-state index contributed by atoms with van der Waals surface area (Å²) in [7, 11) is -3.54. The van der Waals surface area contributed by atoms with Gasteiger partial charge in [-0.15, -0.1) is 0 Å². The standard InChI is InChI=1S/C23H23N3O2S2/c27-30(28,20-12-11-18-7-1-2-8-19(18)14-20)24-15-17-6-5-13-26(16-17)23-25-21-9-3-4-10-22(21)29-23/h1-4,7-12,14,17,24H,5-6,13,15-16H2. The Morgan fingerprint density at radius 3 is 2.70 bits per heavy atom. The molecule has 1 fully saturated rings. The molecule has 1 aromatic heterocycles. The van der Waals surface area contributed by atoms with Gasteiger partial charge < -0.3 is 4.90 Å². The van der Waals surface area contributed by atoms with Gasteiger partial charge in [0.1, 0.15) is 0 Å². The van der Waals surface area contributed by atoms with Crippen molar-refractivity contribution in [1.82, 2.24) is 9.71 Å². The highest BCUT2D eigenvalue weighted by Crippen LogP contribution is 2.31. The van der Waals surface area contributed by atoms with Crippen LogP contribution in [0.15, 0.2) is 71.6 Å². The maximum Gasteiger partial charge on any atom is 0.240 e. The average Bonchev–Trinajstić information content (AvgIpc) is 3.22. The Bertz CT molecular complexity index is 1270. The largest absolute Gasteiger partial charge is 0.348 e. The number of rotatable bonds is 5. The van der Waals surface area contributed by atoms with Crippen LogP contribution in [0.3, 0.4) is 0 Å². The molecule has 4 aromatic rings. The van der Waals surface area contributed by atoms with E-state index in [1.165, 1.54) is 4.70 Å². The Hall–Kier alpha value is -2.48. The van der Waals surface area contributed by atoms with E-state index in [1.54, 1.807) is 23.5 Å². The summed E-state index contributed by atoms with van der Waals surface area (Å²) in [6, 6.07) is 21.2. The number of nitrogens with zero attached hydrogens (tertiary/aromatic N) is 2. The van der Waals surface area contributed by atoms with Crippen molar-refractivity contribution in [3.8, 4) is 0 Å². The van der Waals surface area contributed by atoms with Gasteiger partial charge in [0.2, 0.25) is 10.0 Å². The maximum atomic E-state index is 12.9. The van der Waals surface area contributed by atoms with Crippen molar-refractivity contribution in [2.75, 3.05) is 24.5 Å². The van der Waals surface area contributed by atoms with E-state index in [9.17, 15) is 8.42 Å². The van der Waals surface area contributed by atoms with Crippen molar-refractivity contribution in [2.45, 2.75) is 17.7 Å². The van der Waals surface area contributed by atoms with Gasteiger partial charge in [-0.3, -0.25) is 0 Å². The third-order valence-corrected chi connectivity index (χ3v) is 8.18. The molecule has 0 radical (unpaired) electrons. The fraction of sp³-hybridized carbons (Fsp3) is 0.261. The predicted molar refractivity (Wildman–Crippen MR) is 124 cm³/mol. The number of piperidine rings is 1. The maximum absolute atomic E-state index is 12.9. The zero-order valence-electron chi connectivity index (χ0n) is 16.5. The summed E-state index contributed by atoms with van der Waals surface area (Å²) in [4.78, 5) is 7.38. The molecule has 0 aliphatic carbocycles. The molecule has 1 aliphatic rings. The second kappa shape index (κ2) is 7.98. The topological polar surface area (TPSA) is 62.3 Å². The molecule has 154 valence electrons. The second-order valence-electron chi connectivity index (χ2n) is 7.78. The molecule has 1 N–H and O–H groups in total. The molecule has 5 nitrogen and oxygen atoms in total. The van der Waals surface area contributed by atoms with Gasteiger partial charge in [0.25, 0.3) is 0 Å². The minimum absolute atomic E-state index is 0.265. The normalized spacial score (nSPS) is 17.6.